The van der Waals surface area contributed by atoms with Gasteiger partial charge in [0.2, 0.25) is 0 Å². The first kappa shape index (κ1) is 12.4. The van der Waals surface area contributed by atoms with Gasteiger partial charge in [0, 0.05) is 6.54 Å². The average Bonchev–Trinajstić information content (AvgIpc) is 2.08. The number of hydrogen-bond donors (Lipinski definition) is 1. The van der Waals surface area contributed by atoms with Crippen LogP contribution >= 0.6 is 12.6 Å². The molecule has 0 radical (unpaired) electrons. The monoisotopic (exact) mass is 215 g/mol. The Balaban J connectivity index is 2.21. The summed E-state index contributed by atoms with van der Waals surface area (Å²) in [5.74, 6) is 1.89. The summed E-state index contributed by atoms with van der Waals surface area (Å²) in [5.41, 5.74) is 0.564. The van der Waals surface area contributed by atoms with E-state index >= 15 is 0 Å². The van der Waals surface area contributed by atoms with Crippen molar-refractivity contribution in [1.82, 2.24) is 4.90 Å². The van der Waals surface area contributed by atoms with E-state index in [1.54, 1.807) is 0 Å². The largest absolute Gasteiger partial charge is 0.306 e. The Morgan fingerprint density at radius 1 is 1.36 bits per heavy atom. The Labute approximate surface area is 94.7 Å². The lowest BCUT2D eigenvalue weighted by Gasteiger charge is -2.43. The number of hydrogen-bond acceptors (Lipinski definition) is 2. The Morgan fingerprint density at radius 2 is 2.00 bits per heavy atom. The van der Waals surface area contributed by atoms with Crippen molar-refractivity contribution < 1.29 is 0 Å². The Hall–Kier alpha value is 0.310. The van der Waals surface area contributed by atoms with Gasteiger partial charge in [-0.15, -0.1) is 0 Å². The lowest BCUT2D eigenvalue weighted by Crippen LogP contribution is -2.42. The van der Waals surface area contributed by atoms with E-state index in [0.717, 1.165) is 11.7 Å². The summed E-state index contributed by atoms with van der Waals surface area (Å²) >= 11 is 4.49. The highest BCUT2D eigenvalue weighted by Gasteiger charge is 2.36. The van der Waals surface area contributed by atoms with Crippen LogP contribution in [0.15, 0.2) is 0 Å². The molecule has 0 aliphatic heterocycles. The Morgan fingerprint density at radius 3 is 2.36 bits per heavy atom. The molecule has 0 atom stereocenters. The molecule has 0 heterocycles. The van der Waals surface area contributed by atoms with Crippen LogP contribution in [-0.2, 0) is 0 Å². The fourth-order valence-electron chi connectivity index (χ4n) is 2.17. The lowest BCUT2D eigenvalue weighted by atomic mass is 9.70. The molecule has 1 saturated carbocycles. The van der Waals surface area contributed by atoms with Gasteiger partial charge in [0.1, 0.15) is 0 Å². The Bertz CT molecular complexity index is 158. The molecule has 0 N–H and O–H groups in total. The van der Waals surface area contributed by atoms with E-state index in [-0.39, 0.29) is 0 Å². The zero-order chi connectivity index (χ0) is 10.6. The standard InChI is InChI=1S/C12H25NS/c1-11(2)5-8-13(3)9-12(10-14)6-4-7-12/h11,14H,4-10H2,1-3H3. The molecule has 0 aromatic heterocycles. The second-order valence-electron chi connectivity index (χ2n) is 5.43. The minimum atomic E-state index is 0.564. The van der Waals surface area contributed by atoms with Gasteiger partial charge in [-0.2, -0.15) is 12.6 Å². The molecule has 1 fully saturated rings. The molecule has 0 spiro atoms. The molecule has 0 aromatic rings. The smallest absolute Gasteiger partial charge is 0.00427 e. The van der Waals surface area contributed by atoms with Crippen LogP contribution in [0.25, 0.3) is 0 Å². The van der Waals surface area contributed by atoms with Crippen LogP contribution in [0.1, 0.15) is 39.5 Å². The molecule has 0 amide bonds. The van der Waals surface area contributed by atoms with Crippen molar-refractivity contribution in [3.8, 4) is 0 Å². The van der Waals surface area contributed by atoms with Crippen molar-refractivity contribution in [1.29, 1.82) is 0 Å². The molecule has 1 aliphatic rings. The fraction of sp³-hybridized carbons (Fsp3) is 1.00. The van der Waals surface area contributed by atoms with E-state index in [1.165, 1.54) is 38.8 Å². The van der Waals surface area contributed by atoms with Crippen molar-refractivity contribution in [2.24, 2.45) is 11.3 Å². The molecule has 0 aromatic carbocycles. The maximum atomic E-state index is 4.49. The summed E-state index contributed by atoms with van der Waals surface area (Å²) in [6.45, 7) is 7.09. The van der Waals surface area contributed by atoms with Gasteiger partial charge in [0.25, 0.3) is 0 Å². The van der Waals surface area contributed by atoms with Crippen molar-refractivity contribution in [2.45, 2.75) is 39.5 Å². The summed E-state index contributed by atoms with van der Waals surface area (Å²) in [6.07, 6.45) is 5.52. The molecule has 2 heteroatoms. The van der Waals surface area contributed by atoms with E-state index in [2.05, 4.69) is 38.4 Å². The zero-order valence-corrected chi connectivity index (χ0v) is 10.8. The SMILES string of the molecule is CC(C)CCN(C)CC1(CS)CCC1. The normalized spacial score (nSPS) is 20.1. The van der Waals surface area contributed by atoms with Crippen LogP contribution in [0.4, 0.5) is 0 Å². The third-order valence-corrected chi connectivity index (χ3v) is 4.11. The van der Waals surface area contributed by atoms with Crippen LogP contribution in [-0.4, -0.2) is 30.8 Å². The molecule has 0 saturated heterocycles. The van der Waals surface area contributed by atoms with Crippen molar-refractivity contribution in [3.63, 3.8) is 0 Å². The minimum Gasteiger partial charge on any atom is -0.306 e. The van der Waals surface area contributed by atoms with Crippen LogP contribution < -0.4 is 0 Å². The molecule has 1 aliphatic carbocycles. The third kappa shape index (κ3) is 3.47. The quantitative estimate of drug-likeness (QED) is 0.667. The summed E-state index contributed by atoms with van der Waals surface area (Å²) in [7, 11) is 2.26. The number of thiol groups is 1. The molecule has 0 bridgehead atoms. The van der Waals surface area contributed by atoms with Gasteiger partial charge < -0.3 is 4.90 Å². The first-order chi connectivity index (χ1) is 6.58. The maximum absolute atomic E-state index is 4.49. The van der Waals surface area contributed by atoms with Gasteiger partial charge >= 0.3 is 0 Å². The molecule has 1 rings (SSSR count). The first-order valence-corrected chi connectivity index (χ1v) is 6.51. The lowest BCUT2D eigenvalue weighted by molar-refractivity contribution is 0.102. The second-order valence-corrected chi connectivity index (χ2v) is 5.75. The topological polar surface area (TPSA) is 3.24 Å². The van der Waals surface area contributed by atoms with Gasteiger partial charge in [-0.3, -0.25) is 0 Å². The summed E-state index contributed by atoms with van der Waals surface area (Å²) < 4.78 is 0. The highest BCUT2D eigenvalue weighted by molar-refractivity contribution is 7.80. The molecule has 0 unspecified atom stereocenters. The average molecular weight is 215 g/mol. The fourth-order valence-corrected chi connectivity index (χ4v) is 2.59. The number of rotatable bonds is 6. The highest BCUT2D eigenvalue weighted by Crippen LogP contribution is 2.42. The van der Waals surface area contributed by atoms with Gasteiger partial charge in [-0.05, 0) is 49.9 Å². The van der Waals surface area contributed by atoms with E-state index in [9.17, 15) is 0 Å². The summed E-state index contributed by atoms with van der Waals surface area (Å²) in [5, 5.41) is 0. The van der Waals surface area contributed by atoms with Gasteiger partial charge in [0.05, 0.1) is 0 Å². The van der Waals surface area contributed by atoms with E-state index in [4.69, 9.17) is 0 Å². The minimum absolute atomic E-state index is 0.564. The predicted molar refractivity (Wildman–Crippen MR) is 67.1 cm³/mol. The van der Waals surface area contributed by atoms with Crippen molar-refractivity contribution in [2.75, 3.05) is 25.9 Å². The molecule has 14 heavy (non-hydrogen) atoms. The van der Waals surface area contributed by atoms with Crippen molar-refractivity contribution >= 4 is 12.6 Å². The molecular weight excluding hydrogens is 190 g/mol. The maximum Gasteiger partial charge on any atom is 0.00427 e. The third-order valence-electron chi connectivity index (χ3n) is 3.44. The van der Waals surface area contributed by atoms with Gasteiger partial charge in [0.15, 0.2) is 0 Å². The van der Waals surface area contributed by atoms with Crippen LogP contribution in [0.2, 0.25) is 0 Å². The summed E-state index contributed by atoms with van der Waals surface area (Å²) in [4.78, 5) is 2.50. The van der Waals surface area contributed by atoms with E-state index < -0.39 is 0 Å². The molecule has 84 valence electrons. The molecular formula is C12H25NS. The van der Waals surface area contributed by atoms with Crippen LogP contribution in [0.3, 0.4) is 0 Å². The summed E-state index contributed by atoms with van der Waals surface area (Å²) in [6, 6.07) is 0. The first-order valence-electron chi connectivity index (χ1n) is 5.87. The second kappa shape index (κ2) is 5.41. The number of nitrogens with zero attached hydrogens (tertiary/aromatic N) is 1. The van der Waals surface area contributed by atoms with Crippen molar-refractivity contribution in [3.05, 3.63) is 0 Å². The van der Waals surface area contributed by atoms with E-state index in [1.807, 2.05) is 0 Å². The van der Waals surface area contributed by atoms with Crippen LogP contribution in [0.5, 0.6) is 0 Å². The predicted octanol–water partition coefficient (Wildman–Crippen LogP) is 3.06. The highest BCUT2D eigenvalue weighted by atomic mass is 32.1. The molecule has 1 nitrogen and oxygen atoms in total. The Kier molecular flexibility index (Phi) is 4.78. The van der Waals surface area contributed by atoms with E-state index in [0.29, 0.717) is 5.41 Å². The zero-order valence-electron chi connectivity index (χ0n) is 9.92. The van der Waals surface area contributed by atoms with Gasteiger partial charge in [-0.25, -0.2) is 0 Å². The van der Waals surface area contributed by atoms with Gasteiger partial charge in [-0.1, -0.05) is 20.3 Å². The van der Waals surface area contributed by atoms with Crippen LogP contribution in [0, 0.1) is 11.3 Å².